The second-order valence-electron chi connectivity index (χ2n) is 4.88. The van der Waals surface area contributed by atoms with Crippen LogP contribution in [0, 0.1) is 13.8 Å². The first kappa shape index (κ1) is 14.8. The molecule has 21 heavy (non-hydrogen) atoms. The van der Waals surface area contributed by atoms with Crippen molar-refractivity contribution in [2.24, 2.45) is 0 Å². The van der Waals surface area contributed by atoms with Crippen LogP contribution in [0.5, 0.6) is 0 Å². The Kier molecular flexibility index (Phi) is 4.37. The normalized spacial score (nSPS) is 10.4. The Labute approximate surface area is 122 Å². The third-order valence-corrected chi connectivity index (χ3v) is 3.13. The number of carbonyl (C=O) groups is 2. The van der Waals surface area contributed by atoms with E-state index in [-0.39, 0.29) is 11.6 Å². The van der Waals surface area contributed by atoms with Gasteiger partial charge in [0.2, 0.25) is 0 Å². The van der Waals surface area contributed by atoms with E-state index in [0.717, 1.165) is 11.1 Å². The molecular weight excluding hydrogens is 270 g/mol. The van der Waals surface area contributed by atoms with Crippen molar-refractivity contribution in [1.29, 1.82) is 0 Å². The summed E-state index contributed by atoms with van der Waals surface area (Å²) in [5, 5.41) is 11.6. The molecule has 2 aromatic rings. The Morgan fingerprint density at radius 3 is 2.71 bits per heavy atom. The number of aromatic nitrogens is 2. The number of aromatic carboxylic acids is 1. The number of nitrogens with zero attached hydrogens (tertiary/aromatic N) is 2. The van der Waals surface area contributed by atoms with Gasteiger partial charge < -0.3 is 15.0 Å². The first-order chi connectivity index (χ1) is 9.97. The molecule has 2 rings (SSSR count). The minimum Gasteiger partial charge on any atom is -0.476 e. The molecule has 1 heterocycles. The fourth-order valence-electron chi connectivity index (χ4n) is 2.05. The van der Waals surface area contributed by atoms with E-state index in [4.69, 9.17) is 5.11 Å². The summed E-state index contributed by atoms with van der Waals surface area (Å²) in [5.41, 5.74) is 2.69. The van der Waals surface area contributed by atoms with Crippen molar-refractivity contribution in [1.82, 2.24) is 14.9 Å². The second kappa shape index (κ2) is 6.21. The molecule has 0 atom stereocenters. The molecule has 0 saturated carbocycles. The molecule has 0 aliphatic rings. The van der Waals surface area contributed by atoms with E-state index in [9.17, 15) is 9.59 Å². The summed E-state index contributed by atoms with van der Waals surface area (Å²) >= 11 is 0. The number of carboxylic acid groups (broad SMARTS) is 1. The number of hydrogen-bond donors (Lipinski definition) is 2. The van der Waals surface area contributed by atoms with Crippen molar-refractivity contribution in [3.8, 4) is 0 Å². The molecule has 2 N–H and O–H groups in total. The van der Waals surface area contributed by atoms with E-state index in [1.807, 2.05) is 26.0 Å². The Morgan fingerprint density at radius 2 is 2.10 bits per heavy atom. The number of carbonyl (C=O) groups excluding carboxylic acids is 1. The van der Waals surface area contributed by atoms with Crippen LogP contribution in [0.15, 0.2) is 30.7 Å². The molecule has 0 aliphatic heterocycles. The number of nitrogens with one attached hydrogen (secondary N) is 1. The number of amides is 1. The quantitative estimate of drug-likeness (QED) is 0.875. The summed E-state index contributed by atoms with van der Waals surface area (Å²) in [6.45, 7) is 4.75. The number of hydrogen-bond acceptors (Lipinski definition) is 3. The first-order valence-corrected chi connectivity index (χ1v) is 6.58. The van der Waals surface area contributed by atoms with E-state index in [1.165, 1.54) is 12.5 Å². The Bertz CT molecular complexity index is 677. The lowest BCUT2D eigenvalue weighted by atomic mass is 10.1. The van der Waals surface area contributed by atoms with E-state index in [2.05, 4.69) is 10.3 Å². The van der Waals surface area contributed by atoms with Crippen LogP contribution >= 0.6 is 0 Å². The molecule has 0 radical (unpaired) electrons. The molecule has 6 nitrogen and oxygen atoms in total. The van der Waals surface area contributed by atoms with E-state index in [1.54, 1.807) is 10.6 Å². The Morgan fingerprint density at radius 1 is 1.33 bits per heavy atom. The molecule has 0 unspecified atom stereocenters. The third-order valence-electron chi connectivity index (χ3n) is 3.13. The molecule has 0 saturated heterocycles. The maximum atomic E-state index is 12.1. The van der Waals surface area contributed by atoms with Gasteiger partial charge in [0.1, 0.15) is 0 Å². The average molecular weight is 287 g/mol. The van der Waals surface area contributed by atoms with Crippen LogP contribution in [-0.4, -0.2) is 33.1 Å². The van der Waals surface area contributed by atoms with Gasteiger partial charge in [0.15, 0.2) is 5.69 Å². The largest absolute Gasteiger partial charge is 0.476 e. The van der Waals surface area contributed by atoms with Crippen LogP contribution in [0.25, 0.3) is 0 Å². The van der Waals surface area contributed by atoms with Gasteiger partial charge in [-0.2, -0.15) is 0 Å². The van der Waals surface area contributed by atoms with Crippen molar-refractivity contribution in [2.75, 3.05) is 6.54 Å². The van der Waals surface area contributed by atoms with Crippen molar-refractivity contribution in [3.63, 3.8) is 0 Å². The molecule has 1 aromatic carbocycles. The van der Waals surface area contributed by atoms with Gasteiger partial charge in [-0.25, -0.2) is 9.78 Å². The minimum absolute atomic E-state index is 0.00398. The van der Waals surface area contributed by atoms with Crippen molar-refractivity contribution in [3.05, 3.63) is 53.1 Å². The van der Waals surface area contributed by atoms with Crippen molar-refractivity contribution in [2.45, 2.75) is 20.4 Å². The predicted molar refractivity (Wildman–Crippen MR) is 77.4 cm³/mol. The van der Waals surface area contributed by atoms with Crippen molar-refractivity contribution < 1.29 is 14.7 Å². The zero-order chi connectivity index (χ0) is 15.4. The summed E-state index contributed by atoms with van der Waals surface area (Å²) in [4.78, 5) is 26.5. The third kappa shape index (κ3) is 3.68. The summed E-state index contributed by atoms with van der Waals surface area (Å²) < 4.78 is 1.63. The number of carboxylic acids is 1. The van der Waals surface area contributed by atoms with Gasteiger partial charge in [-0.3, -0.25) is 4.79 Å². The van der Waals surface area contributed by atoms with E-state index >= 15 is 0 Å². The SMILES string of the molecule is Cc1ccc(C(=O)NCCn2cnc(C(=O)O)c2)c(C)c1. The van der Waals surface area contributed by atoms with Crippen LogP contribution in [0.4, 0.5) is 0 Å². The van der Waals surface area contributed by atoms with Crippen LogP contribution in [0.2, 0.25) is 0 Å². The molecule has 0 fully saturated rings. The Hall–Kier alpha value is -2.63. The minimum atomic E-state index is -1.06. The highest BCUT2D eigenvalue weighted by Gasteiger charge is 2.09. The lowest BCUT2D eigenvalue weighted by Gasteiger charge is -2.08. The summed E-state index contributed by atoms with van der Waals surface area (Å²) in [5.74, 6) is -1.20. The highest BCUT2D eigenvalue weighted by atomic mass is 16.4. The zero-order valence-electron chi connectivity index (χ0n) is 12.0. The highest BCUT2D eigenvalue weighted by molar-refractivity contribution is 5.95. The zero-order valence-corrected chi connectivity index (χ0v) is 12.0. The van der Waals surface area contributed by atoms with Crippen molar-refractivity contribution >= 4 is 11.9 Å². The summed E-state index contributed by atoms with van der Waals surface area (Å²) in [7, 11) is 0. The average Bonchev–Trinajstić information content (AvgIpc) is 2.87. The molecule has 1 amide bonds. The van der Waals surface area contributed by atoms with E-state index in [0.29, 0.717) is 18.7 Å². The lowest BCUT2D eigenvalue weighted by Crippen LogP contribution is -2.27. The molecule has 0 spiro atoms. The van der Waals surface area contributed by atoms with Crippen LogP contribution in [0.1, 0.15) is 32.0 Å². The summed E-state index contributed by atoms with van der Waals surface area (Å²) in [6.07, 6.45) is 2.87. The number of benzene rings is 1. The Balaban J connectivity index is 1.90. The standard InChI is InChI=1S/C15H17N3O3/c1-10-3-4-12(11(2)7-10)14(19)16-5-6-18-8-13(15(20)21)17-9-18/h3-4,7-9H,5-6H2,1-2H3,(H,16,19)(H,20,21). The predicted octanol–water partition coefficient (Wildman–Crippen LogP) is 1.63. The fourth-order valence-corrected chi connectivity index (χ4v) is 2.05. The van der Waals surface area contributed by atoms with Gasteiger partial charge in [-0.1, -0.05) is 17.7 Å². The molecular formula is C15H17N3O3. The maximum Gasteiger partial charge on any atom is 0.356 e. The second-order valence-corrected chi connectivity index (χ2v) is 4.88. The van der Waals surface area contributed by atoms with Crippen LogP contribution < -0.4 is 5.32 Å². The van der Waals surface area contributed by atoms with Gasteiger partial charge in [0.05, 0.1) is 6.33 Å². The van der Waals surface area contributed by atoms with Gasteiger partial charge in [0.25, 0.3) is 5.91 Å². The smallest absolute Gasteiger partial charge is 0.356 e. The highest BCUT2D eigenvalue weighted by Crippen LogP contribution is 2.10. The maximum absolute atomic E-state index is 12.1. The van der Waals surface area contributed by atoms with Gasteiger partial charge in [-0.15, -0.1) is 0 Å². The van der Waals surface area contributed by atoms with Gasteiger partial charge in [0, 0.05) is 24.8 Å². The lowest BCUT2D eigenvalue weighted by molar-refractivity contribution is 0.0690. The molecule has 0 aliphatic carbocycles. The molecule has 6 heteroatoms. The van der Waals surface area contributed by atoms with Crippen LogP contribution in [0.3, 0.4) is 0 Å². The topological polar surface area (TPSA) is 84.2 Å². The molecule has 110 valence electrons. The fraction of sp³-hybridized carbons (Fsp3) is 0.267. The molecule has 0 bridgehead atoms. The number of rotatable bonds is 5. The van der Waals surface area contributed by atoms with Gasteiger partial charge >= 0.3 is 5.97 Å². The number of aryl methyl sites for hydroxylation is 2. The summed E-state index contributed by atoms with van der Waals surface area (Å²) in [6, 6.07) is 5.67. The van der Waals surface area contributed by atoms with Gasteiger partial charge in [-0.05, 0) is 25.5 Å². The number of imidazole rings is 1. The first-order valence-electron chi connectivity index (χ1n) is 6.58. The van der Waals surface area contributed by atoms with Crippen LogP contribution in [-0.2, 0) is 6.54 Å². The molecule has 1 aromatic heterocycles. The monoisotopic (exact) mass is 287 g/mol. The van der Waals surface area contributed by atoms with E-state index < -0.39 is 5.97 Å².